The second-order valence-electron chi connectivity index (χ2n) is 4.17. The monoisotopic (exact) mass is 309 g/mol. The standard InChI is InChI=1S/C13H16BrN3O/c1-3-13(9-5-7-10(14)8-6-9)11(18)16-12(17-13)15-4-2/h5-8H,3-4H2,1-2H3,(H2,15,16,17,18). The molecule has 0 saturated carbocycles. The lowest BCUT2D eigenvalue weighted by atomic mass is 9.87. The SMILES string of the molecule is CCN=C1NC(=O)C(CC)(c2ccc(Br)cc2)N1. The molecule has 1 atom stereocenters. The fourth-order valence-corrected chi connectivity index (χ4v) is 2.40. The smallest absolute Gasteiger partial charge is 0.257 e. The van der Waals surface area contributed by atoms with Crippen molar-refractivity contribution >= 4 is 27.8 Å². The summed E-state index contributed by atoms with van der Waals surface area (Å²) in [6.45, 7) is 4.57. The lowest BCUT2D eigenvalue weighted by molar-refractivity contribution is -0.124. The lowest BCUT2D eigenvalue weighted by Gasteiger charge is -2.25. The Morgan fingerprint density at radius 2 is 1.94 bits per heavy atom. The Bertz CT molecular complexity index is 484. The molecule has 0 bridgehead atoms. The number of guanidine groups is 1. The van der Waals surface area contributed by atoms with Gasteiger partial charge >= 0.3 is 0 Å². The summed E-state index contributed by atoms with van der Waals surface area (Å²) in [4.78, 5) is 16.5. The van der Waals surface area contributed by atoms with Crippen molar-refractivity contribution in [2.45, 2.75) is 25.8 Å². The van der Waals surface area contributed by atoms with Gasteiger partial charge in [-0.15, -0.1) is 0 Å². The van der Waals surface area contributed by atoms with Gasteiger partial charge in [0, 0.05) is 11.0 Å². The molecule has 96 valence electrons. The van der Waals surface area contributed by atoms with Crippen LogP contribution in [-0.4, -0.2) is 18.4 Å². The number of amides is 1. The van der Waals surface area contributed by atoms with Crippen molar-refractivity contribution in [3.05, 3.63) is 34.3 Å². The number of nitrogens with one attached hydrogen (secondary N) is 2. The predicted molar refractivity (Wildman–Crippen MR) is 75.4 cm³/mol. The molecule has 0 spiro atoms. The van der Waals surface area contributed by atoms with Crippen LogP contribution >= 0.6 is 15.9 Å². The van der Waals surface area contributed by atoms with Crippen molar-refractivity contribution in [3.8, 4) is 0 Å². The fraction of sp³-hybridized carbons (Fsp3) is 0.385. The molecule has 1 fully saturated rings. The highest BCUT2D eigenvalue weighted by atomic mass is 79.9. The summed E-state index contributed by atoms with van der Waals surface area (Å²) in [5, 5.41) is 6.01. The molecule has 2 N–H and O–H groups in total. The van der Waals surface area contributed by atoms with Gasteiger partial charge in [-0.2, -0.15) is 0 Å². The average molecular weight is 310 g/mol. The largest absolute Gasteiger partial charge is 0.338 e. The Morgan fingerprint density at radius 1 is 1.28 bits per heavy atom. The third kappa shape index (κ3) is 2.14. The fourth-order valence-electron chi connectivity index (χ4n) is 2.13. The number of hydrogen-bond acceptors (Lipinski definition) is 2. The summed E-state index contributed by atoms with van der Waals surface area (Å²) in [7, 11) is 0. The number of carbonyl (C=O) groups is 1. The molecule has 4 nitrogen and oxygen atoms in total. The molecular weight excluding hydrogens is 294 g/mol. The first-order valence-electron chi connectivity index (χ1n) is 6.02. The van der Waals surface area contributed by atoms with Crippen LogP contribution in [0.3, 0.4) is 0 Å². The van der Waals surface area contributed by atoms with Gasteiger partial charge in [0.05, 0.1) is 0 Å². The highest BCUT2D eigenvalue weighted by Crippen LogP contribution is 2.29. The number of nitrogens with zero attached hydrogens (tertiary/aromatic N) is 1. The van der Waals surface area contributed by atoms with Crippen LogP contribution in [0.2, 0.25) is 0 Å². The van der Waals surface area contributed by atoms with Gasteiger partial charge in [-0.25, -0.2) is 0 Å². The van der Waals surface area contributed by atoms with Gasteiger partial charge in [0.15, 0.2) is 5.96 Å². The number of hydrogen-bond donors (Lipinski definition) is 2. The summed E-state index contributed by atoms with van der Waals surface area (Å²) in [6.07, 6.45) is 0.670. The quantitative estimate of drug-likeness (QED) is 0.899. The van der Waals surface area contributed by atoms with E-state index in [4.69, 9.17) is 0 Å². The molecule has 0 aliphatic carbocycles. The van der Waals surface area contributed by atoms with E-state index in [1.54, 1.807) is 0 Å². The molecule has 0 aromatic heterocycles. The Labute approximate surface area is 115 Å². The zero-order valence-electron chi connectivity index (χ0n) is 10.5. The Balaban J connectivity index is 2.40. The summed E-state index contributed by atoms with van der Waals surface area (Å²) in [5.74, 6) is 0.520. The summed E-state index contributed by atoms with van der Waals surface area (Å²) < 4.78 is 0.998. The number of rotatable bonds is 3. The molecule has 2 rings (SSSR count). The van der Waals surface area contributed by atoms with Gasteiger partial charge < -0.3 is 5.32 Å². The molecular formula is C13H16BrN3O. The maximum Gasteiger partial charge on any atom is 0.257 e. The van der Waals surface area contributed by atoms with Crippen molar-refractivity contribution in [2.24, 2.45) is 4.99 Å². The van der Waals surface area contributed by atoms with Crippen LogP contribution in [0.4, 0.5) is 0 Å². The van der Waals surface area contributed by atoms with Crippen LogP contribution < -0.4 is 10.6 Å². The molecule has 0 radical (unpaired) electrons. The van der Waals surface area contributed by atoms with E-state index in [1.165, 1.54) is 0 Å². The predicted octanol–water partition coefficient (Wildman–Crippen LogP) is 2.15. The second kappa shape index (κ2) is 5.10. The van der Waals surface area contributed by atoms with E-state index < -0.39 is 5.54 Å². The van der Waals surface area contributed by atoms with Crippen molar-refractivity contribution in [1.29, 1.82) is 0 Å². The minimum atomic E-state index is -0.700. The van der Waals surface area contributed by atoms with Crippen molar-refractivity contribution < 1.29 is 4.79 Å². The van der Waals surface area contributed by atoms with E-state index in [2.05, 4.69) is 31.6 Å². The molecule has 1 heterocycles. The summed E-state index contributed by atoms with van der Waals surface area (Å²) in [6, 6.07) is 7.79. The highest BCUT2D eigenvalue weighted by molar-refractivity contribution is 9.10. The van der Waals surface area contributed by atoms with Crippen molar-refractivity contribution in [3.63, 3.8) is 0 Å². The lowest BCUT2D eigenvalue weighted by Crippen LogP contribution is -2.43. The molecule has 1 aliphatic heterocycles. The van der Waals surface area contributed by atoms with E-state index >= 15 is 0 Å². The Hall–Kier alpha value is -1.36. The third-order valence-corrected chi connectivity index (χ3v) is 3.66. The Kier molecular flexibility index (Phi) is 3.71. The maximum atomic E-state index is 12.2. The zero-order valence-corrected chi connectivity index (χ0v) is 12.0. The molecule has 1 saturated heterocycles. The molecule has 1 aromatic rings. The van der Waals surface area contributed by atoms with Crippen LogP contribution in [-0.2, 0) is 10.3 Å². The van der Waals surface area contributed by atoms with Gasteiger partial charge in [0.1, 0.15) is 5.54 Å². The van der Waals surface area contributed by atoms with Gasteiger partial charge in [-0.3, -0.25) is 15.1 Å². The van der Waals surface area contributed by atoms with Gasteiger partial charge in [0.25, 0.3) is 5.91 Å². The number of halogens is 1. The van der Waals surface area contributed by atoms with Crippen molar-refractivity contribution in [2.75, 3.05) is 6.54 Å². The van der Waals surface area contributed by atoms with E-state index in [0.29, 0.717) is 18.9 Å². The van der Waals surface area contributed by atoms with E-state index in [9.17, 15) is 4.79 Å². The van der Waals surface area contributed by atoms with Crippen molar-refractivity contribution in [1.82, 2.24) is 10.6 Å². The van der Waals surface area contributed by atoms with Crippen LogP contribution in [0.1, 0.15) is 25.8 Å². The average Bonchev–Trinajstić information content (AvgIpc) is 2.68. The van der Waals surface area contributed by atoms with Crippen LogP contribution in [0.25, 0.3) is 0 Å². The number of benzene rings is 1. The number of carbonyl (C=O) groups excluding carboxylic acids is 1. The number of aliphatic imine (C=N–C) groups is 1. The minimum absolute atomic E-state index is 0.0421. The zero-order chi connectivity index (χ0) is 13.2. The molecule has 5 heteroatoms. The Morgan fingerprint density at radius 3 is 2.50 bits per heavy atom. The van der Waals surface area contributed by atoms with Gasteiger partial charge in [-0.05, 0) is 31.0 Å². The molecule has 1 aromatic carbocycles. The molecule has 1 amide bonds. The van der Waals surface area contributed by atoms with Crippen LogP contribution in [0.5, 0.6) is 0 Å². The van der Waals surface area contributed by atoms with Crippen LogP contribution in [0.15, 0.2) is 33.7 Å². The maximum absolute atomic E-state index is 12.2. The minimum Gasteiger partial charge on any atom is -0.338 e. The van der Waals surface area contributed by atoms with E-state index in [1.807, 2.05) is 38.1 Å². The first-order valence-corrected chi connectivity index (χ1v) is 6.82. The summed E-state index contributed by atoms with van der Waals surface area (Å²) in [5.41, 5.74) is 0.251. The molecule has 1 aliphatic rings. The first kappa shape index (κ1) is 13.1. The van der Waals surface area contributed by atoms with Gasteiger partial charge in [0.2, 0.25) is 0 Å². The third-order valence-electron chi connectivity index (χ3n) is 3.13. The molecule has 18 heavy (non-hydrogen) atoms. The topological polar surface area (TPSA) is 53.5 Å². The highest BCUT2D eigenvalue weighted by Gasteiger charge is 2.44. The normalized spacial score (nSPS) is 25.1. The van der Waals surface area contributed by atoms with Crippen LogP contribution in [0, 0.1) is 0 Å². The van der Waals surface area contributed by atoms with Gasteiger partial charge in [-0.1, -0.05) is 35.0 Å². The summed E-state index contributed by atoms with van der Waals surface area (Å²) >= 11 is 3.40. The second-order valence-corrected chi connectivity index (χ2v) is 5.08. The van der Waals surface area contributed by atoms with E-state index in [-0.39, 0.29) is 5.91 Å². The van der Waals surface area contributed by atoms with E-state index in [0.717, 1.165) is 10.0 Å². The first-order chi connectivity index (χ1) is 8.62. The molecule has 1 unspecified atom stereocenters.